The molecule has 1 heterocycles. The molecule has 1 aromatic carbocycles. The molecule has 0 bridgehead atoms. The van der Waals surface area contributed by atoms with Gasteiger partial charge in [-0.2, -0.15) is 0 Å². The van der Waals surface area contributed by atoms with Crippen LogP contribution in [0.5, 0.6) is 11.5 Å². The van der Waals surface area contributed by atoms with Crippen molar-refractivity contribution in [3.8, 4) is 11.5 Å². The molecule has 2 rings (SSSR count). The maximum atomic E-state index is 5.42. The lowest BCUT2D eigenvalue weighted by atomic mass is 9.99. The highest BCUT2D eigenvalue weighted by molar-refractivity contribution is 14.0. The van der Waals surface area contributed by atoms with E-state index in [9.17, 15) is 0 Å². The zero-order valence-electron chi connectivity index (χ0n) is 15.9. The molecule has 7 heteroatoms. The highest BCUT2D eigenvalue weighted by Gasteiger charge is 2.19. The zero-order chi connectivity index (χ0) is 17.5. The maximum absolute atomic E-state index is 5.42. The zero-order valence-corrected chi connectivity index (χ0v) is 18.2. The van der Waals surface area contributed by atoms with E-state index in [0.717, 1.165) is 50.1 Å². The number of hydrogen-bond donors (Lipinski definition) is 2. The predicted octanol–water partition coefficient (Wildman–Crippen LogP) is 2.25. The minimum atomic E-state index is 0. The molecule has 6 nitrogen and oxygen atoms in total. The predicted molar refractivity (Wildman–Crippen MR) is 114 cm³/mol. The molecule has 0 aliphatic carbocycles. The van der Waals surface area contributed by atoms with Gasteiger partial charge in [-0.25, -0.2) is 0 Å². The summed E-state index contributed by atoms with van der Waals surface area (Å²) in [6, 6.07) is 4.59. The Hall–Kier alpha value is -1.22. The Labute approximate surface area is 168 Å². The summed E-state index contributed by atoms with van der Waals surface area (Å²) in [5, 5.41) is 6.67. The Morgan fingerprint density at radius 2 is 1.84 bits per heavy atom. The quantitative estimate of drug-likeness (QED) is 0.386. The van der Waals surface area contributed by atoms with Crippen LogP contribution in [-0.4, -0.2) is 57.8 Å². The fourth-order valence-corrected chi connectivity index (χ4v) is 2.93. The first kappa shape index (κ1) is 21.8. The number of benzene rings is 1. The second kappa shape index (κ2) is 10.7. The van der Waals surface area contributed by atoms with E-state index in [2.05, 4.69) is 46.5 Å². The van der Waals surface area contributed by atoms with Gasteiger partial charge in [0.15, 0.2) is 17.5 Å². The van der Waals surface area contributed by atoms with E-state index in [1.807, 2.05) is 0 Å². The SMILES string of the molecule is CN=C(NCCN1CCc2cc(OC)c(OC)cc2C1)NC(C)C.I. The van der Waals surface area contributed by atoms with Gasteiger partial charge in [0.2, 0.25) is 0 Å². The number of nitrogens with zero attached hydrogens (tertiary/aromatic N) is 2. The van der Waals surface area contributed by atoms with Crippen LogP contribution in [0.1, 0.15) is 25.0 Å². The third-order valence-electron chi connectivity index (χ3n) is 4.17. The van der Waals surface area contributed by atoms with Gasteiger partial charge in [0.1, 0.15) is 0 Å². The Morgan fingerprint density at radius 1 is 1.20 bits per heavy atom. The van der Waals surface area contributed by atoms with Crippen LogP contribution in [0.2, 0.25) is 0 Å². The molecule has 0 saturated carbocycles. The molecule has 1 aliphatic heterocycles. The maximum Gasteiger partial charge on any atom is 0.191 e. The van der Waals surface area contributed by atoms with Crippen molar-refractivity contribution in [3.05, 3.63) is 23.3 Å². The molecule has 0 unspecified atom stereocenters. The molecule has 0 fully saturated rings. The van der Waals surface area contributed by atoms with Crippen LogP contribution in [0.3, 0.4) is 0 Å². The number of hydrogen-bond acceptors (Lipinski definition) is 4. The summed E-state index contributed by atoms with van der Waals surface area (Å²) in [6.07, 6.45) is 1.04. The van der Waals surface area contributed by atoms with Crippen LogP contribution in [0.15, 0.2) is 17.1 Å². The number of guanidine groups is 1. The summed E-state index contributed by atoms with van der Waals surface area (Å²) < 4.78 is 10.8. The normalized spacial score (nSPS) is 14.6. The standard InChI is InChI=1S/C18H30N4O2.HI/c1-13(2)21-18(19-3)20-7-9-22-8-6-14-10-16(23-4)17(24-5)11-15(14)12-22;/h10-11,13H,6-9,12H2,1-5H3,(H2,19,20,21);1H. The lowest BCUT2D eigenvalue weighted by molar-refractivity contribution is 0.256. The number of rotatable bonds is 6. The first-order chi connectivity index (χ1) is 11.6. The van der Waals surface area contributed by atoms with Crippen LogP contribution in [0.25, 0.3) is 0 Å². The Balaban J connectivity index is 0.00000312. The van der Waals surface area contributed by atoms with E-state index >= 15 is 0 Å². The van der Waals surface area contributed by atoms with E-state index in [0.29, 0.717) is 6.04 Å². The summed E-state index contributed by atoms with van der Waals surface area (Å²) in [6.45, 7) is 8.06. The molecule has 1 aliphatic rings. The van der Waals surface area contributed by atoms with Gasteiger partial charge in [-0.3, -0.25) is 9.89 Å². The van der Waals surface area contributed by atoms with Crippen LogP contribution in [0.4, 0.5) is 0 Å². The van der Waals surface area contributed by atoms with E-state index in [1.165, 1.54) is 11.1 Å². The van der Waals surface area contributed by atoms with E-state index in [4.69, 9.17) is 9.47 Å². The third kappa shape index (κ3) is 6.22. The molecule has 0 amide bonds. The Morgan fingerprint density at radius 3 is 2.40 bits per heavy atom. The van der Waals surface area contributed by atoms with Gasteiger partial charge >= 0.3 is 0 Å². The van der Waals surface area contributed by atoms with Crippen LogP contribution >= 0.6 is 24.0 Å². The molecule has 0 saturated heterocycles. The first-order valence-electron chi connectivity index (χ1n) is 8.50. The summed E-state index contributed by atoms with van der Waals surface area (Å²) >= 11 is 0. The van der Waals surface area contributed by atoms with E-state index in [1.54, 1.807) is 21.3 Å². The second-order valence-corrected chi connectivity index (χ2v) is 6.30. The fraction of sp³-hybridized carbons (Fsp3) is 0.611. The lowest BCUT2D eigenvalue weighted by Crippen LogP contribution is -2.44. The number of halogens is 1. The average Bonchev–Trinajstić information content (AvgIpc) is 2.59. The van der Waals surface area contributed by atoms with Crippen molar-refractivity contribution in [2.75, 3.05) is 40.9 Å². The second-order valence-electron chi connectivity index (χ2n) is 6.30. The van der Waals surface area contributed by atoms with Crippen molar-refractivity contribution in [2.24, 2.45) is 4.99 Å². The Kier molecular flexibility index (Phi) is 9.34. The van der Waals surface area contributed by atoms with Gasteiger partial charge < -0.3 is 20.1 Å². The molecule has 1 aromatic rings. The molecule has 142 valence electrons. The van der Waals surface area contributed by atoms with Gasteiger partial charge in [-0.05, 0) is 43.5 Å². The molecule has 2 N–H and O–H groups in total. The molecular weight excluding hydrogens is 431 g/mol. The number of fused-ring (bicyclic) bond motifs is 1. The van der Waals surface area contributed by atoms with Gasteiger partial charge in [-0.15, -0.1) is 24.0 Å². The summed E-state index contributed by atoms with van der Waals surface area (Å²) in [4.78, 5) is 6.68. The highest BCUT2D eigenvalue weighted by atomic mass is 127. The summed E-state index contributed by atoms with van der Waals surface area (Å²) in [5.41, 5.74) is 2.68. The summed E-state index contributed by atoms with van der Waals surface area (Å²) in [7, 11) is 5.17. The van der Waals surface area contributed by atoms with Crippen molar-refractivity contribution in [1.29, 1.82) is 0 Å². The number of ether oxygens (including phenoxy) is 2. The first-order valence-corrected chi connectivity index (χ1v) is 8.50. The average molecular weight is 462 g/mol. The monoisotopic (exact) mass is 462 g/mol. The van der Waals surface area contributed by atoms with E-state index < -0.39 is 0 Å². The minimum Gasteiger partial charge on any atom is -0.493 e. The highest BCUT2D eigenvalue weighted by Crippen LogP contribution is 2.33. The van der Waals surface area contributed by atoms with Gasteiger partial charge in [0.25, 0.3) is 0 Å². The molecule has 0 aromatic heterocycles. The Bertz CT molecular complexity index is 578. The molecule has 0 radical (unpaired) electrons. The molecule has 0 atom stereocenters. The van der Waals surface area contributed by atoms with Gasteiger partial charge in [0.05, 0.1) is 14.2 Å². The lowest BCUT2D eigenvalue weighted by Gasteiger charge is -2.29. The molecule has 0 spiro atoms. The largest absolute Gasteiger partial charge is 0.493 e. The third-order valence-corrected chi connectivity index (χ3v) is 4.17. The fourth-order valence-electron chi connectivity index (χ4n) is 2.93. The minimum absolute atomic E-state index is 0. The van der Waals surface area contributed by atoms with Crippen LogP contribution in [-0.2, 0) is 13.0 Å². The number of aliphatic imine (C=N–C) groups is 1. The smallest absolute Gasteiger partial charge is 0.191 e. The van der Waals surface area contributed by atoms with Crippen molar-refractivity contribution in [1.82, 2.24) is 15.5 Å². The molecular formula is C18H31IN4O2. The van der Waals surface area contributed by atoms with Crippen molar-refractivity contribution >= 4 is 29.9 Å². The van der Waals surface area contributed by atoms with Crippen LogP contribution < -0.4 is 20.1 Å². The number of methoxy groups -OCH3 is 2. The van der Waals surface area contributed by atoms with Gasteiger partial charge in [-0.1, -0.05) is 0 Å². The topological polar surface area (TPSA) is 58.1 Å². The number of nitrogens with one attached hydrogen (secondary N) is 2. The van der Waals surface area contributed by atoms with Crippen LogP contribution in [0, 0.1) is 0 Å². The molecule has 25 heavy (non-hydrogen) atoms. The van der Waals surface area contributed by atoms with Crippen molar-refractivity contribution < 1.29 is 9.47 Å². The summed E-state index contributed by atoms with van der Waals surface area (Å²) in [5.74, 6) is 2.47. The van der Waals surface area contributed by atoms with Crippen molar-refractivity contribution in [2.45, 2.75) is 32.9 Å². The van der Waals surface area contributed by atoms with Crippen molar-refractivity contribution in [3.63, 3.8) is 0 Å². The van der Waals surface area contributed by atoms with E-state index in [-0.39, 0.29) is 24.0 Å². The van der Waals surface area contributed by atoms with Gasteiger partial charge in [0, 0.05) is 39.3 Å².